The van der Waals surface area contributed by atoms with Crippen LogP contribution >= 0.6 is 0 Å². The standard InChI is InChI=1S/C17H24F3N/c1-12-6-7-14(11-15(12)17(18,19)20)21-13-5-4-9-16(2,3)10-8-13/h6-7,11,13,21H,4-5,8-10H2,1-3H3. The highest BCUT2D eigenvalue weighted by Crippen LogP contribution is 2.36. The minimum Gasteiger partial charge on any atom is -0.382 e. The quantitative estimate of drug-likeness (QED) is 0.682. The second-order valence-corrected chi connectivity index (χ2v) is 6.96. The van der Waals surface area contributed by atoms with Crippen molar-refractivity contribution < 1.29 is 13.2 Å². The molecule has 0 radical (unpaired) electrons. The Morgan fingerprint density at radius 3 is 2.52 bits per heavy atom. The summed E-state index contributed by atoms with van der Waals surface area (Å²) in [7, 11) is 0. The molecule has 1 nitrogen and oxygen atoms in total. The normalized spacial score (nSPS) is 22.7. The zero-order chi connectivity index (χ0) is 15.7. The third-order valence-corrected chi connectivity index (χ3v) is 4.49. The van der Waals surface area contributed by atoms with Gasteiger partial charge in [-0.15, -0.1) is 0 Å². The van der Waals surface area contributed by atoms with E-state index >= 15 is 0 Å². The molecular formula is C17H24F3N. The van der Waals surface area contributed by atoms with Crippen molar-refractivity contribution in [1.82, 2.24) is 0 Å². The maximum absolute atomic E-state index is 12.9. The lowest BCUT2D eigenvalue weighted by Gasteiger charge is -2.23. The van der Waals surface area contributed by atoms with Gasteiger partial charge >= 0.3 is 6.18 Å². The fourth-order valence-electron chi connectivity index (χ4n) is 3.06. The molecule has 21 heavy (non-hydrogen) atoms. The molecule has 1 fully saturated rings. The highest BCUT2D eigenvalue weighted by molar-refractivity contribution is 5.50. The number of hydrogen-bond acceptors (Lipinski definition) is 1. The first-order valence-electron chi connectivity index (χ1n) is 7.62. The van der Waals surface area contributed by atoms with E-state index in [2.05, 4.69) is 19.2 Å². The first-order valence-corrected chi connectivity index (χ1v) is 7.62. The van der Waals surface area contributed by atoms with Gasteiger partial charge in [0.2, 0.25) is 0 Å². The number of aryl methyl sites for hydroxylation is 1. The van der Waals surface area contributed by atoms with Gasteiger partial charge < -0.3 is 5.32 Å². The van der Waals surface area contributed by atoms with Crippen LogP contribution in [0.1, 0.15) is 57.1 Å². The second kappa shape index (κ2) is 5.90. The molecule has 1 aliphatic rings. The molecule has 1 atom stereocenters. The Hall–Kier alpha value is -1.19. The van der Waals surface area contributed by atoms with Gasteiger partial charge in [0.1, 0.15) is 0 Å². The van der Waals surface area contributed by atoms with E-state index in [1.165, 1.54) is 19.4 Å². The van der Waals surface area contributed by atoms with Gasteiger partial charge in [0, 0.05) is 11.7 Å². The van der Waals surface area contributed by atoms with Crippen LogP contribution in [0.4, 0.5) is 18.9 Å². The van der Waals surface area contributed by atoms with Crippen molar-refractivity contribution in [2.75, 3.05) is 5.32 Å². The smallest absolute Gasteiger partial charge is 0.382 e. The SMILES string of the molecule is Cc1ccc(NC2CCCC(C)(C)CC2)cc1C(F)(F)F. The van der Waals surface area contributed by atoms with Crippen LogP contribution in [-0.2, 0) is 6.18 Å². The minimum absolute atomic E-state index is 0.273. The van der Waals surface area contributed by atoms with E-state index in [9.17, 15) is 13.2 Å². The molecule has 2 rings (SSSR count). The van der Waals surface area contributed by atoms with Gasteiger partial charge in [0.25, 0.3) is 0 Å². The number of nitrogens with one attached hydrogen (secondary N) is 1. The lowest BCUT2D eigenvalue weighted by Crippen LogP contribution is -2.20. The Morgan fingerprint density at radius 2 is 1.86 bits per heavy atom. The van der Waals surface area contributed by atoms with E-state index in [0.717, 1.165) is 25.7 Å². The zero-order valence-corrected chi connectivity index (χ0v) is 13.0. The summed E-state index contributed by atoms with van der Waals surface area (Å²) >= 11 is 0. The fourth-order valence-corrected chi connectivity index (χ4v) is 3.06. The molecular weight excluding hydrogens is 275 g/mol. The maximum Gasteiger partial charge on any atom is 0.416 e. The average Bonchev–Trinajstić information content (AvgIpc) is 2.52. The van der Waals surface area contributed by atoms with E-state index in [4.69, 9.17) is 0 Å². The largest absolute Gasteiger partial charge is 0.416 e. The van der Waals surface area contributed by atoms with Gasteiger partial charge in [-0.1, -0.05) is 26.3 Å². The molecule has 0 bridgehead atoms. The second-order valence-electron chi connectivity index (χ2n) is 6.96. The van der Waals surface area contributed by atoms with Gasteiger partial charge in [-0.3, -0.25) is 0 Å². The molecule has 0 heterocycles. The van der Waals surface area contributed by atoms with Crippen molar-refractivity contribution in [3.63, 3.8) is 0 Å². The van der Waals surface area contributed by atoms with Crippen molar-refractivity contribution in [2.45, 2.75) is 65.1 Å². The molecule has 1 N–H and O–H groups in total. The monoisotopic (exact) mass is 299 g/mol. The molecule has 1 unspecified atom stereocenters. The summed E-state index contributed by atoms with van der Waals surface area (Å²) < 4.78 is 38.8. The predicted molar refractivity (Wildman–Crippen MR) is 80.5 cm³/mol. The molecule has 0 saturated heterocycles. The highest BCUT2D eigenvalue weighted by Gasteiger charge is 2.32. The van der Waals surface area contributed by atoms with Gasteiger partial charge in [-0.05, 0) is 55.7 Å². The first kappa shape index (κ1) is 16.2. The topological polar surface area (TPSA) is 12.0 Å². The van der Waals surface area contributed by atoms with Crippen LogP contribution in [0.3, 0.4) is 0 Å². The van der Waals surface area contributed by atoms with Crippen LogP contribution in [0.25, 0.3) is 0 Å². The van der Waals surface area contributed by atoms with Crippen LogP contribution in [0, 0.1) is 12.3 Å². The molecule has 1 aromatic carbocycles. The lowest BCUT2D eigenvalue weighted by molar-refractivity contribution is -0.138. The summed E-state index contributed by atoms with van der Waals surface area (Å²) in [6.07, 6.45) is 1.19. The van der Waals surface area contributed by atoms with Crippen LogP contribution < -0.4 is 5.32 Å². The summed E-state index contributed by atoms with van der Waals surface area (Å²) in [6.45, 7) is 6.03. The Labute approximate surface area is 124 Å². The van der Waals surface area contributed by atoms with E-state index in [-0.39, 0.29) is 11.6 Å². The molecule has 0 amide bonds. The fraction of sp³-hybridized carbons (Fsp3) is 0.647. The van der Waals surface area contributed by atoms with Crippen molar-refractivity contribution in [2.24, 2.45) is 5.41 Å². The maximum atomic E-state index is 12.9. The molecule has 4 heteroatoms. The van der Waals surface area contributed by atoms with Crippen LogP contribution in [-0.4, -0.2) is 6.04 Å². The number of hydrogen-bond donors (Lipinski definition) is 1. The number of alkyl halides is 3. The van der Waals surface area contributed by atoms with E-state index in [1.807, 2.05) is 0 Å². The Balaban J connectivity index is 2.10. The summed E-state index contributed by atoms with van der Waals surface area (Å²) in [6, 6.07) is 4.81. The van der Waals surface area contributed by atoms with Crippen LogP contribution in [0.15, 0.2) is 18.2 Å². The molecule has 1 saturated carbocycles. The summed E-state index contributed by atoms with van der Waals surface area (Å²) in [4.78, 5) is 0. The van der Waals surface area contributed by atoms with Crippen LogP contribution in [0.2, 0.25) is 0 Å². The third kappa shape index (κ3) is 4.39. The molecule has 0 aromatic heterocycles. The summed E-state index contributed by atoms with van der Waals surface area (Å²) in [5, 5.41) is 3.30. The Kier molecular flexibility index (Phi) is 4.54. The van der Waals surface area contributed by atoms with Gasteiger partial charge in [0.15, 0.2) is 0 Å². The highest BCUT2D eigenvalue weighted by atomic mass is 19.4. The first-order chi connectivity index (χ1) is 9.67. The lowest BCUT2D eigenvalue weighted by atomic mass is 9.85. The minimum atomic E-state index is -4.28. The van der Waals surface area contributed by atoms with Gasteiger partial charge in [0.05, 0.1) is 5.56 Å². The van der Waals surface area contributed by atoms with Crippen molar-refractivity contribution in [3.8, 4) is 0 Å². The summed E-state index contributed by atoms with van der Waals surface area (Å²) in [5.41, 5.74) is 0.662. The number of benzene rings is 1. The zero-order valence-electron chi connectivity index (χ0n) is 13.0. The Morgan fingerprint density at radius 1 is 1.14 bits per heavy atom. The van der Waals surface area contributed by atoms with Crippen molar-refractivity contribution in [3.05, 3.63) is 29.3 Å². The third-order valence-electron chi connectivity index (χ3n) is 4.49. The van der Waals surface area contributed by atoms with Crippen LogP contribution in [0.5, 0.6) is 0 Å². The molecule has 0 aliphatic heterocycles. The van der Waals surface area contributed by atoms with Crippen molar-refractivity contribution >= 4 is 5.69 Å². The summed E-state index contributed by atoms with van der Waals surface area (Å²) in [5.74, 6) is 0. The predicted octanol–water partition coefficient (Wildman–Crippen LogP) is 5.78. The van der Waals surface area contributed by atoms with Gasteiger partial charge in [-0.25, -0.2) is 0 Å². The number of halogens is 3. The molecule has 1 aliphatic carbocycles. The van der Waals surface area contributed by atoms with E-state index < -0.39 is 11.7 Å². The number of rotatable bonds is 2. The van der Waals surface area contributed by atoms with E-state index in [1.54, 1.807) is 12.1 Å². The van der Waals surface area contributed by atoms with E-state index in [0.29, 0.717) is 11.1 Å². The molecule has 1 aromatic rings. The Bertz CT molecular complexity index is 491. The van der Waals surface area contributed by atoms with Gasteiger partial charge in [-0.2, -0.15) is 13.2 Å². The number of anilines is 1. The molecule has 0 spiro atoms. The molecule has 118 valence electrons. The average molecular weight is 299 g/mol. The van der Waals surface area contributed by atoms with Crippen molar-refractivity contribution in [1.29, 1.82) is 0 Å².